The van der Waals surface area contributed by atoms with Crippen molar-refractivity contribution in [1.29, 1.82) is 0 Å². The molecule has 0 saturated carbocycles. The average molecular weight is 829 g/mol. The van der Waals surface area contributed by atoms with Gasteiger partial charge in [0, 0.05) is 13.8 Å². The third-order valence-electron chi connectivity index (χ3n) is 9.19. The zero-order valence-corrected chi connectivity index (χ0v) is 29.9. The number of aliphatic hydroxyl groups is 11. The van der Waals surface area contributed by atoms with E-state index in [0.717, 1.165) is 13.8 Å². The summed E-state index contributed by atoms with van der Waals surface area (Å²) < 4.78 is 75.4. The molecule has 0 aromatic carbocycles. The Bertz CT molecular complexity index is 1380. The van der Waals surface area contributed by atoms with Gasteiger partial charge in [-0.1, -0.05) is 0 Å². The Kier molecular flexibility index (Phi) is 16.0. The lowest BCUT2D eigenvalue weighted by molar-refractivity contribution is -0.355. The van der Waals surface area contributed by atoms with Crippen LogP contribution in [-0.4, -0.2) is 230 Å². The maximum Gasteiger partial charge on any atom is 0.397 e. The summed E-state index contributed by atoms with van der Waals surface area (Å²) in [4.78, 5) is 24.2. The first-order valence-electron chi connectivity index (χ1n) is 16.7. The standard InChI is InChI=1S/C28H48N2O24S/c1-7(33)29-13-18(38)23(53-27-21(41)19(39)15(35)9(3-31)50-27)12(6-48-55(44,45)46)52-26(13)47-5-11-17(37)24(14(25(43)49-11)30-8(2)34)54-28-22(42)20(40)16(36)10(4-32)51-28/h9-28,31-32,35-43H,3-6H2,1-2H3,(H,29,33)(H,30,34)(H,44,45,46)/t9-,10-,11-,12-,13-,14-,15+,16+,17+,18-,19+,20+,21-,22-,23-,24-,25-,26-,27+,28+/m1/s1. The number of amides is 2. The summed E-state index contributed by atoms with van der Waals surface area (Å²) in [5.41, 5.74) is 0. The van der Waals surface area contributed by atoms with Gasteiger partial charge >= 0.3 is 10.4 Å². The van der Waals surface area contributed by atoms with Crippen LogP contribution in [0, 0.1) is 0 Å². The molecule has 4 heterocycles. The smallest absolute Gasteiger partial charge is 0.394 e. The summed E-state index contributed by atoms with van der Waals surface area (Å²) in [7, 11) is -5.19. The summed E-state index contributed by atoms with van der Waals surface area (Å²) >= 11 is 0. The molecule has 0 unspecified atom stereocenters. The van der Waals surface area contributed by atoms with Crippen LogP contribution in [0.25, 0.3) is 0 Å². The minimum absolute atomic E-state index is 0.752. The van der Waals surface area contributed by atoms with Gasteiger partial charge in [-0.2, -0.15) is 8.42 Å². The molecule has 4 aliphatic heterocycles. The maximum absolute atomic E-state index is 12.2. The second kappa shape index (κ2) is 19.2. The van der Waals surface area contributed by atoms with E-state index in [4.69, 9.17) is 33.2 Å². The largest absolute Gasteiger partial charge is 0.397 e. The van der Waals surface area contributed by atoms with Gasteiger partial charge in [0.1, 0.15) is 97.5 Å². The van der Waals surface area contributed by atoms with E-state index in [0.29, 0.717) is 0 Å². The second-order valence-corrected chi connectivity index (χ2v) is 14.3. The fourth-order valence-electron chi connectivity index (χ4n) is 6.39. The zero-order valence-electron chi connectivity index (χ0n) is 29.0. The number of nitrogens with one attached hydrogen (secondary N) is 2. The second-order valence-electron chi connectivity index (χ2n) is 13.2. The molecule has 4 rings (SSSR count). The molecule has 0 bridgehead atoms. The molecule has 0 aromatic rings. The quantitative estimate of drug-likeness (QED) is 0.0723. The molecule has 55 heavy (non-hydrogen) atoms. The molecule has 0 aromatic heterocycles. The third kappa shape index (κ3) is 11.0. The van der Waals surface area contributed by atoms with E-state index in [9.17, 15) is 78.7 Å². The average Bonchev–Trinajstić information content (AvgIpc) is 3.11. The molecule has 4 saturated heterocycles. The molecule has 320 valence electrons. The van der Waals surface area contributed by atoms with E-state index < -0.39 is 171 Å². The zero-order chi connectivity index (χ0) is 41.1. The van der Waals surface area contributed by atoms with Crippen LogP contribution in [0.15, 0.2) is 0 Å². The maximum atomic E-state index is 12.2. The van der Waals surface area contributed by atoms with Crippen LogP contribution in [0.5, 0.6) is 0 Å². The van der Waals surface area contributed by atoms with Crippen molar-refractivity contribution in [2.75, 3.05) is 26.4 Å². The van der Waals surface area contributed by atoms with E-state index in [1.54, 1.807) is 0 Å². The molecule has 0 aliphatic carbocycles. The van der Waals surface area contributed by atoms with Crippen molar-refractivity contribution >= 4 is 22.2 Å². The SMILES string of the molecule is CC(=O)N[C@@H]1[C@@H](O[C@@H]2O[C@H](CO)[C@H](O)[C@H](O)[C@H]2O)[C@@H](O)[C@@H](CO[C@@H]2O[C@H](COS(=O)(=O)O)[C@@H](O[C@@H]3O[C@H](CO)[C@H](O)[C@H](O)[C@H]3O)[C@H](O)[C@H]2NC(C)=O)O[C@H]1O. The molecule has 20 atom stereocenters. The summed E-state index contributed by atoms with van der Waals surface area (Å²) in [6.45, 7) is -1.64. The molecule has 14 N–H and O–H groups in total. The Hall–Kier alpha value is -1.91. The predicted molar refractivity (Wildman–Crippen MR) is 167 cm³/mol. The van der Waals surface area contributed by atoms with Gasteiger partial charge in [-0.05, 0) is 0 Å². The molecule has 4 fully saturated rings. The van der Waals surface area contributed by atoms with Gasteiger partial charge in [0.15, 0.2) is 25.2 Å². The Morgan fingerprint density at radius 2 is 1.04 bits per heavy atom. The van der Waals surface area contributed by atoms with Crippen LogP contribution < -0.4 is 10.6 Å². The monoisotopic (exact) mass is 828 g/mol. The van der Waals surface area contributed by atoms with Gasteiger partial charge < -0.3 is 100.0 Å². The molecule has 0 spiro atoms. The summed E-state index contributed by atoms with van der Waals surface area (Å²) in [5.74, 6) is -1.56. The van der Waals surface area contributed by atoms with Gasteiger partial charge in [0.25, 0.3) is 0 Å². The number of hydrogen-bond donors (Lipinski definition) is 14. The first-order valence-corrected chi connectivity index (χ1v) is 18.1. The highest BCUT2D eigenvalue weighted by Gasteiger charge is 2.54. The molecule has 2 amide bonds. The molecular formula is C28H48N2O24S. The predicted octanol–water partition coefficient (Wildman–Crippen LogP) is -9.63. The van der Waals surface area contributed by atoms with Crippen LogP contribution in [0.2, 0.25) is 0 Å². The van der Waals surface area contributed by atoms with Gasteiger partial charge in [0.2, 0.25) is 11.8 Å². The van der Waals surface area contributed by atoms with E-state index >= 15 is 0 Å². The van der Waals surface area contributed by atoms with Crippen LogP contribution in [-0.2, 0) is 57.3 Å². The Labute approximate surface area is 311 Å². The summed E-state index contributed by atoms with van der Waals surface area (Å²) in [6.07, 6.45) is -33.1. The minimum Gasteiger partial charge on any atom is -0.394 e. The fraction of sp³-hybridized carbons (Fsp3) is 0.929. The third-order valence-corrected chi connectivity index (χ3v) is 9.63. The summed E-state index contributed by atoms with van der Waals surface area (Å²) in [6, 6.07) is -3.26. The van der Waals surface area contributed by atoms with E-state index in [2.05, 4.69) is 14.8 Å². The van der Waals surface area contributed by atoms with E-state index in [-0.39, 0.29) is 0 Å². The first kappa shape index (κ1) is 45.8. The van der Waals surface area contributed by atoms with Crippen molar-refractivity contribution in [3.8, 4) is 0 Å². The molecule has 0 radical (unpaired) electrons. The normalized spacial score (nSPS) is 45.5. The lowest BCUT2D eigenvalue weighted by Gasteiger charge is -2.48. The van der Waals surface area contributed by atoms with Crippen LogP contribution in [0.4, 0.5) is 0 Å². The van der Waals surface area contributed by atoms with E-state index in [1.807, 2.05) is 0 Å². The highest BCUT2D eigenvalue weighted by Crippen LogP contribution is 2.32. The van der Waals surface area contributed by atoms with Crippen LogP contribution in [0.1, 0.15) is 13.8 Å². The van der Waals surface area contributed by atoms with Crippen molar-refractivity contribution in [1.82, 2.24) is 10.6 Å². The Morgan fingerprint density at radius 3 is 1.51 bits per heavy atom. The number of carbonyl (C=O) groups excluding carboxylic acids is 2. The fourth-order valence-corrected chi connectivity index (χ4v) is 6.69. The molecular weight excluding hydrogens is 780 g/mol. The number of carbonyl (C=O) groups is 2. The lowest BCUT2D eigenvalue weighted by atomic mass is 9.94. The lowest BCUT2D eigenvalue weighted by Crippen LogP contribution is -2.69. The van der Waals surface area contributed by atoms with Crippen molar-refractivity contribution < 1.29 is 116 Å². The minimum atomic E-state index is -5.19. The first-order chi connectivity index (χ1) is 25.7. The molecule has 4 aliphatic rings. The highest BCUT2D eigenvalue weighted by molar-refractivity contribution is 7.80. The topological polar surface area (TPSA) is 409 Å². The van der Waals surface area contributed by atoms with Crippen molar-refractivity contribution in [3.05, 3.63) is 0 Å². The van der Waals surface area contributed by atoms with Crippen LogP contribution >= 0.6 is 0 Å². The molecule has 27 heteroatoms. The van der Waals surface area contributed by atoms with Crippen LogP contribution in [0.3, 0.4) is 0 Å². The molecule has 26 nitrogen and oxygen atoms in total. The number of aliphatic hydroxyl groups excluding tert-OH is 11. The highest BCUT2D eigenvalue weighted by atomic mass is 32.3. The number of ether oxygens (including phenoxy) is 7. The van der Waals surface area contributed by atoms with Gasteiger partial charge in [-0.15, -0.1) is 0 Å². The Balaban J connectivity index is 1.58. The Morgan fingerprint density at radius 1 is 0.564 bits per heavy atom. The van der Waals surface area contributed by atoms with Gasteiger partial charge in [0.05, 0.1) is 26.4 Å². The van der Waals surface area contributed by atoms with Gasteiger partial charge in [-0.25, -0.2) is 4.18 Å². The van der Waals surface area contributed by atoms with Crippen molar-refractivity contribution in [2.45, 2.75) is 137 Å². The summed E-state index contributed by atoms with van der Waals surface area (Å²) in [5, 5.41) is 119. The van der Waals surface area contributed by atoms with E-state index in [1.165, 1.54) is 0 Å². The van der Waals surface area contributed by atoms with Crippen molar-refractivity contribution in [2.24, 2.45) is 0 Å². The van der Waals surface area contributed by atoms with Gasteiger partial charge in [-0.3, -0.25) is 14.1 Å². The number of hydrogen-bond acceptors (Lipinski definition) is 23. The van der Waals surface area contributed by atoms with Crippen molar-refractivity contribution in [3.63, 3.8) is 0 Å². The number of rotatable bonds is 14.